The number of benzene rings is 1. The predicted molar refractivity (Wildman–Crippen MR) is 56.1 cm³/mol. The van der Waals surface area contributed by atoms with Crippen molar-refractivity contribution in [3.05, 3.63) is 33.4 Å². The SMILES string of the molecule is Ic1ccc(C2CC=NO2)cc1. The van der Waals surface area contributed by atoms with Crippen LogP contribution in [-0.2, 0) is 4.84 Å². The van der Waals surface area contributed by atoms with Gasteiger partial charge < -0.3 is 4.84 Å². The van der Waals surface area contributed by atoms with Crippen molar-refractivity contribution in [2.24, 2.45) is 5.16 Å². The quantitative estimate of drug-likeness (QED) is 0.721. The van der Waals surface area contributed by atoms with Crippen molar-refractivity contribution in [1.82, 2.24) is 0 Å². The Balaban J connectivity index is 2.18. The first kappa shape index (κ1) is 8.04. The van der Waals surface area contributed by atoms with E-state index in [2.05, 4.69) is 52.0 Å². The Kier molecular flexibility index (Phi) is 2.30. The van der Waals surface area contributed by atoms with E-state index in [1.54, 1.807) is 0 Å². The Morgan fingerprint density at radius 3 is 2.67 bits per heavy atom. The second kappa shape index (κ2) is 3.43. The molecule has 0 fully saturated rings. The molecule has 0 spiro atoms. The molecule has 0 amide bonds. The average Bonchev–Trinajstić information content (AvgIpc) is 2.58. The Hall–Kier alpha value is -0.580. The van der Waals surface area contributed by atoms with Gasteiger partial charge >= 0.3 is 0 Å². The number of oxime groups is 1. The highest BCUT2D eigenvalue weighted by Crippen LogP contribution is 2.24. The third-order valence-corrected chi connectivity index (χ3v) is 2.54. The first-order valence-corrected chi connectivity index (χ1v) is 4.87. The molecule has 1 aromatic carbocycles. The summed E-state index contributed by atoms with van der Waals surface area (Å²) in [5.74, 6) is 0. The summed E-state index contributed by atoms with van der Waals surface area (Å²) >= 11 is 2.29. The molecule has 3 heteroatoms. The van der Waals surface area contributed by atoms with Crippen LogP contribution in [0.3, 0.4) is 0 Å². The van der Waals surface area contributed by atoms with Crippen molar-refractivity contribution in [3.8, 4) is 0 Å². The highest BCUT2D eigenvalue weighted by molar-refractivity contribution is 14.1. The number of hydrogen-bond donors (Lipinski definition) is 0. The summed E-state index contributed by atoms with van der Waals surface area (Å²) < 4.78 is 1.25. The van der Waals surface area contributed by atoms with Crippen molar-refractivity contribution < 1.29 is 4.84 Å². The predicted octanol–water partition coefficient (Wildman–Crippen LogP) is 2.74. The van der Waals surface area contributed by atoms with Crippen LogP contribution >= 0.6 is 22.6 Å². The second-order valence-electron chi connectivity index (χ2n) is 2.67. The van der Waals surface area contributed by atoms with Crippen LogP contribution in [0.15, 0.2) is 29.4 Å². The molecule has 1 heterocycles. The second-order valence-corrected chi connectivity index (χ2v) is 3.91. The van der Waals surface area contributed by atoms with Gasteiger partial charge in [0.15, 0.2) is 6.10 Å². The van der Waals surface area contributed by atoms with Gasteiger partial charge in [-0.3, -0.25) is 0 Å². The van der Waals surface area contributed by atoms with Gasteiger partial charge in [-0.05, 0) is 40.3 Å². The minimum Gasteiger partial charge on any atom is -0.388 e. The van der Waals surface area contributed by atoms with Crippen LogP contribution in [0.4, 0.5) is 0 Å². The van der Waals surface area contributed by atoms with Gasteiger partial charge in [-0.2, -0.15) is 0 Å². The Bertz CT molecular complexity index is 286. The number of hydrogen-bond acceptors (Lipinski definition) is 2. The maximum atomic E-state index is 5.15. The Morgan fingerprint density at radius 1 is 1.33 bits per heavy atom. The summed E-state index contributed by atoms with van der Waals surface area (Å²) in [6, 6.07) is 8.33. The molecule has 0 aromatic heterocycles. The minimum absolute atomic E-state index is 0.141. The number of halogens is 1. The lowest BCUT2D eigenvalue weighted by Gasteiger charge is -2.07. The van der Waals surface area contributed by atoms with Gasteiger partial charge in [0.05, 0.1) is 0 Å². The van der Waals surface area contributed by atoms with Gasteiger partial charge in [0.2, 0.25) is 0 Å². The van der Waals surface area contributed by atoms with Crippen LogP contribution < -0.4 is 0 Å². The van der Waals surface area contributed by atoms with E-state index >= 15 is 0 Å². The molecule has 0 saturated heterocycles. The fraction of sp³-hybridized carbons (Fsp3) is 0.222. The summed E-state index contributed by atoms with van der Waals surface area (Å²) in [5.41, 5.74) is 1.20. The van der Waals surface area contributed by atoms with E-state index in [1.165, 1.54) is 9.13 Å². The molecule has 1 atom stereocenters. The molecular formula is C9H8INO. The lowest BCUT2D eigenvalue weighted by atomic mass is 10.1. The van der Waals surface area contributed by atoms with Gasteiger partial charge in [0, 0.05) is 16.2 Å². The van der Waals surface area contributed by atoms with Crippen molar-refractivity contribution in [1.29, 1.82) is 0 Å². The highest BCUT2D eigenvalue weighted by Gasteiger charge is 2.14. The van der Waals surface area contributed by atoms with Crippen LogP contribution in [0.25, 0.3) is 0 Å². The van der Waals surface area contributed by atoms with Gasteiger partial charge in [0.25, 0.3) is 0 Å². The minimum atomic E-state index is 0.141. The topological polar surface area (TPSA) is 21.6 Å². The molecular weight excluding hydrogens is 265 g/mol. The van der Waals surface area contributed by atoms with E-state index in [1.807, 2.05) is 6.21 Å². The van der Waals surface area contributed by atoms with Crippen molar-refractivity contribution in [2.75, 3.05) is 0 Å². The average molecular weight is 273 g/mol. The van der Waals surface area contributed by atoms with Gasteiger partial charge in [-0.1, -0.05) is 17.3 Å². The van der Waals surface area contributed by atoms with E-state index in [-0.39, 0.29) is 6.10 Å². The molecule has 1 aliphatic heterocycles. The molecule has 0 aliphatic carbocycles. The molecule has 0 radical (unpaired) electrons. The summed E-state index contributed by atoms with van der Waals surface area (Å²) in [6.07, 6.45) is 2.84. The first-order chi connectivity index (χ1) is 5.86. The third-order valence-electron chi connectivity index (χ3n) is 1.82. The maximum Gasteiger partial charge on any atom is 0.157 e. The Labute approximate surface area is 84.7 Å². The lowest BCUT2D eigenvalue weighted by molar-refractivity contribution is 0.0858. The van der Waals surface area contributed by atoms with E-state index in [0.29, 0.717) is 0 Å². The first-order valence-electron chi connectivity index (χ1n) is 3.79. The number of rotatable bonds is 1. The zero-order valence-electron chi connectivity index (χ0n) is 6.40. The molecule has 2 rings (SSSR count). The summed E-state index contributed by atoms with van der Waals surface area (Å²) in [6.45, 7) is 0. The molecule has 1 aliphatic rings. The fourth-order valence-electron chi connectivity index (χ4n) is 1.17. The third kappa shape index (κ3) is 1.60. The molecule has 0 bridgehead atoms. The summed E-state index contributed by atoms with van der Waals surface area (Å²) in [5, 5.41) is 3.74. The standard InChI is InChI=1S/C9H8INO/c10-8-3-1-7(2-4-8)9-5-6-11-12-9/h1-4,6,9H,5H2. The summed E-state index contributed by atoms with van der Waals surface area (Å²) in [7, 11) is 0. The van der Waals surface area contributed by atoms with E-state index in [0.717, 1.165) is 6.42 Å². The molecule has 1 aromatic rings. The van der Waals surface area contributed by atoms with E-state index in [4.69, 9.17) is 4.84 Å². The largest absolute Gasteiger partial charge is 0.388 e. The maximum absolute atomic E-state index is 5.15. The molecule has 2 nitrogen and oxygen atoms in total. The van der Waals surface area contributed by atoms with Crippen LogP contribution in [-0.4, -0.2) is 6.21 Å². The normalized spacial score (nSPS) is 20.9. The monoisotopic (exact) mass is 273 g/mol. The Morgan fingerprint density at radius 2 is 2.08 bits per heavy atom. The zero-order valence-corrected chi connectivity index (χ0v) is 8.56. The molecule has 12 heavy (non-hydrogen) atoms. The van der Waals surface area contributed by atoms with Gasteiger partial charge in [-0.15, -0.1) is 0 Å². The molecule has 0 N–H and O–H groups in total. The van der Waals surface area contributed by atoms with Gasteiger partial charge in [0.1, 0.15) is 0 Å². The molecule has 1 unspecified atom stereocenters. The van der Waals surface area contributed by atoms with Crippen LogP contribution in [0, 0.1) is 3.57 Å². The summed E-state index contributed by atoms with van der Waals surface area (Å²) in [4.78, 5) is 5.15. The zero-order chi connectivity index (χ0) is 8.39. The number of nitrogens with zero attached hydrogens (tertiary/aromatic N) is 1. The lowest BCUT2D eigenvalue weighted by Crippen LogP contribution is -1.94. The smallest absolute Gasteiger partial charge is 0.157 e. The highest BCUT2D eigenvalue weighted by atomic mass is 127. The van der Waals surface area contributed by atoms with Crippen molar-refractivity contribution in [2.45, 2.75) is 12.5 Å². The fourth-order valence-corrected chi connectivity index (χ4v) is 1.53. The van der Waals surface area contributed by atoms with Crippen LogP contribution in [0.2, 0.25) is 0 Å². The molecule has 62 valence electrons. The van der Waals surface area contributed by atoms with Crippen LogP contribution in [0.5, 0.6) is 0 Å². The van der Waals surface area contributed by atoms with Crippen molar-refractivity contribution in [3.63, 3.8) is 0 Å². The van der Waals surface area contributed by atoms with E-state index in [9.17, 15) is 0 Å². The van der Waals surface area contributed by atoms with E-state index < -0.39 is 0 Å². The van der Waals surface area contributed by atoms with Gasteiger partial charge in [-0.25, -0.2) is 0 Å². The van der Waals surface area contributed by atoms with Crippen molar-refractivity contribution >= 4 is 28.8 Å². The molecule has 0 saturated carbocycles. The van der Waals surface area contributed by atoms with Crippen LogP contribution in [0.1, 0.15) is 18.1 Å².